The van der Waals surface area contributed by atoms with Gasteiger partial charge < -0.3 is 19.7 Å². The minimum atomic E-state index is -0.231. The highest BCUT2D eigenvalue weighted by atomic mass is 32.2. The first-order valence-electron chi connectivity index (χ1n) is 18.4. The van der Waals surface area contributed by atoms with Crippen molar-refractivity contribution in [2.45, 2.75) is 88.1 Å². The number of amides is 1. The largest absolute Gasteiger partial charge is 0.493 e. The van der Waals surface area contributed by atoms with Crippen molar-refractivity contribution < 1.29 is 14.3 Å². The average molecular weight is 739 g/mol. The summed E-state index contributed by atoms with van der Waals surface area (Å²) in [4.78, 5) is 29.5. The summed E-state index contributed by atoms with van der Waals surface area (Å²) in [5, 5.41) is 19.0. The standard InChI is InChI=1S/C40H50N8O4S/c1-7-39(3,4)28-16-21-33(32(27-28)40(5,6)8-2)52-24-12-15-34(49)41-29-17-19-31(20-18-29)47-37(50)35(36(43-47)46-22-25-51-26-23-46)53-38-42-44-45-48(38)30-13-10-9-11-14-30/h9-11,13-14,16-21,27,43H,7-8,12,15,22-26H2,1-6H3,(H,41,49). The number of aromatic amines is 1. The van der Waals surface area contributed by atoms with Crippen molar-refractivity contribution in [3.63, 3.8) is 0 Å². The lowest BCUT2D eigenvalue weighted by atomic mass is 9.76. The van der Waals surface area contributed by atoms with Crippen molar-refractivity contribution >= 4 is 29.2 Å². The van der Waals surface area contributed by atoms with Gasteiger partial charge in [0.05, 0.1) is 31.2 Å². The summed E-state index contributed by atoms with van der Waals surface area (Å²) in [5.41, 5.74) is 4.41. The molecule has 2 N–H and O–H groups in total. The third kappa shape index (κ3) is 8.68. The van der Waals surface area contributed by atoms with Crippen LogP contribution in [0.25, 0.3) is 11.4 Å². The van der Waals surface area contributed by atoms with E-state index >= 15 is 0 Å². The molecule has 0 unspecified atom stereocenters. The molecule has 12 nitrogen and oxygen atoms in total. The van der Waals surface area contributed by atoms with E-state index in [1.807, 2.05) is 42.5 Å². The van der Waals surface area contributed by atoms with E-state index < -0.39 is 0 Å². The molecule has 0 spiro atoms. The highest BCUT2D eigenvalue weighted by Gasteiger charge is 2.28. The zero-order chi connectivity index (χ0) is 37.6. The predicted molar refractivity (Wildman–Crippen MR) is 209 cm³/mol. The quantitative estimate of drug-likeness (QED) is 0.106. The summed E-state index contributed by atoms with van der Waals surface area (Å²) in [6.07, 6.45) is 2.94. The fourth-order valence-corrected chi connectivity index (χ4v) is 7.02. The summed E-state index contributed by atoms with van der Waals surface area (Å²) in [7, 11) is 0. The Labute approximate surface area is 315 Å². The van der Waals surface area contributed by atoms with Gasteiger partial charge in [0.25, 0.3) is 5.56 Å². The summed E-state index contributed by atoms with van der Waals surface area (Å²) >= 11 is 1.22. The van der Waals surface area contributed by atoms with Crippen LogP contribution in [0.5, 0.6) is 5.75 Å². The lowest BCUT2D eigenvalue weighted by molar-refractivity contribution is -0.116. The number of hydrogen-bond acceptors (Lipinski definition) is 9. The van der Waals surface area contributed by atoms with E-state index in [4.69, 9.17) is 9.47 Å². The lowest BCUT2D eigenvalue weighted by Crippen LogP contribution is -2.36. The Hall–Kier alpha value is -4.88. The van der Waals surface area contributed by atoms with Gasteiger partial charge in [0.1, 0.15) is 16.5 Å². The third-order valence-electron chi connectivity index (χ3n) is 10.3. The van der Waals surface area contributed by atoms with Crippen molar-refractivity contribution in [2.75, 3.05) is 43.1 Å². The molecule has 3 heterocycles. The number of aromatic nitrogens is 6. The highest BCUT2D eigenvalue weighted by Crippen LogP contribution is 2.39. The molecule has 0 bridgehead atoms. The summed E-state index contributed by atoms with van der Waals surface area (Å²) in [6, 6.07) is 23.3. The van der Waals surface area contributed by atoms with E-state index in [1.165, 1.54) is 27.6 Å². The number of nitrogens with one attached hydrogen (secondary N) is 2. The zero-order valence-corrected chi connectivity index (χ0v) is 32.3. The van der Waals surface area contributed by atoms with E-state index in [9.17, 15) is 9.59 Å². The molecule has 0 radical (unpaired) electrons. The first kappa shape index (κ1) is 37.9. The number of benzene rings is 3. The van der Waals surface area contributed by atoms with Gasteiger partial charge in [0.2, 0.25) is 11.1 Å². The normalized spacial score (nSPS) is 13.7. The first-order valence-corrected chi connectivity index (χ1v) is 19.2. The SMILES string of the molecule is CCC(C)(C)c1ccc(OCCCC(=O)Nc2ccc(-n3[nH]c(N4CCOCC4)c(Sc4nnnn4-c4ccccc4)c3=O)cc2)c(C(C)(C)CC)c1. The van der Waals surface area contributed by atoms with Gasteiger partial charge in [-0.15, -0.1) is 5.10 Å². The molecule has 1 aliphatic heterocycles. The van der Waals surface area contributed by atoms with Crippen molar-refractivity contribution in [3.05, 3.63) is 94.3 Å². The molecule has 1 amide bonds. The fraction of sp³-hybridized carbons (Fsp3) is 0.425. The number of anilines is 2. The molecule has 1 fully saturated rings. The number of carbonyl (C=O) groups is 1. The minimum absolute atomic E-state index is 0.0325. The number of tetrazole rings is 1. The number of para-hydroxylation sites is 1. The van der Waals surface area contributed by atoms with E-state index in [1.54, 1.807) is 16.8 Å². The molecule has 3 aromatic carbocycles. The second kappa shape index (κ2) is 16.4. The summed E-state index contributed by atoms with van der Waals surface area (Å²) in [5.74, 6) is 1.46. The smallest absolute Gasteiger partial charge is 0.287 e. The van der Waals surface area contributed by atoms with E-state index in [-0.39, 0.29) is 22.3 Å². The fourth-order valence-electron chi connectivity index (χ4n) is 6.08. The zero-order valence-electron chi connectivity index (χ0n) is 31.5. The van der Waals surface area contributed by atoms with Crippen LogP contribution >= 0.6 is 11.8 Å². The van der Waals surface area contributed by atoms with Crippen LogP contribution in [0, 0.1) is 0 Å². The van der Waals surface area contributed by atoms with Crippen molar-refractivity contribution in [3.8, 4) is 17.1 Å². The van der Waals surface area contributed by atoms with Gasteiger partial charge in [0.15, 0.2) is 0 Å². The van der Waals surface area contributed by atoms with Crippen LogP contribution in [0.1, 0.15) is 78.4 Å². The maximum absolute atomic E-state index is 14.0. The van der Waals surface area contributed by atoms with Gasteiger partial charge in [-0.3, -0.25) is 14.7 Å². The number of hydrogen-bond donors (Lipinski definition) is 2. The molecule has 2 aromatic heterocycles. The maximum atomic E-state index is 14.0. The van der Waals surface area contributed by atoms with Crippen LogP contribution in [-0.4, -0.2) is 68.8 Å². The second-order valence-electron chi connectivity index (χ2n) is 14.6. The van der Waals surface area contributed by atoms with Crippen LogP contribution in [0.4, 0.5) is 11.5 Å². The molecule has 0 atom stereocenters. The van der Waals surface area contributed by atoms with Crippen LogP contribution in [0.15, 0.2) is 87.6 Å². The highest BCUT2D eigenvalue weighted by molar-refractivity contribution is 7.99. The van der Waals surface area contributed by atoms with E-state index in [0.717, 1.165) is 24.3 Å². The van der Waals surface area contributed by atoms with Crippen LogP contribution in [0.2, 0.25) is 0 Å². The predicted octanol–water partition coefficient (Wildman–Crippen LogP) is 7.30. The van der Waals surface area contributed by atoms with Gasteiger partial charge in [0, 0.05) is 30.8 Å². The molecule has 53 heavy (non-hydrogen) atoms. The van der Waals surface area contributed by atoms with Gasteiger partial charge >= 0.3 is 0 Å². The lowest BCUT2D eigenvalue weighted by Gasteiger charge is -2.30. The van der Waals surface area contributed by atoms with Gasteiger partial charge in [-0.2, -0.15) is 4.68 Å². The number of rotatable bonds is 15. The van der Waals surface area contributed by atoms with Gasteiger partial charge in [-0.1, -0.05) is 71.9 Å². The Morgan fingerprint density at radius 3 is 2.36 bits per heavy atom. The van der Waals surface area contributed by atoms with Gasteiger partial charge in [-0.05, 0) is 100 Å². The topological polar surface area (TPSA) is 132 Å². The Morgan fingerprint density at radius 1 is 0.943 bits per heavy atom. The Morgan fingerprint density at radius 2 is 1.66 bits per heavy atom. The Balaban J connectivity index is 1.11. The number of H-pyrrole nitrogens is 1. The molecule has 280 valence electrons. The Bertz CT molecular complexity index is 2050. The number of carbonyl (C=O) groups excluding carboxylic acids is 1. The Kier molecular flexibility index (Phi) is 11.7. The van der Waals surface area contributed by atoms with Crippen LogP contribution < -0.4 is 20.5 Å². The van der Waals surface area contributed by atoms with Crippen LogP contribution in [-0.2, 0) is 20.4 Å². The molecule has 1 saturated heterocycles. The van der Waals surface area contributed by atoms with Crippen LogP contribution in [0.3, 0.4) is 0 Å². The third-order valence-corrected chi connectivity index (χ3v) is 11.3. The molecule has 5 aromatic rings. The molecular weight excluding hydrogens is 689 g/mol. The van der Waals surface area contributed by atoms with E-state index in [0.29, 0.717) is 73.0 Å². The molecule has 6 rings (SSSR count). The number of ether oxygens (including phenoxy) is 2. The van der Waals surface area contributed by atoms with Crippen molar-refractivity contribution in [1.82, 2.24) is 30.0 Å². The number of morpholine rings is 1. The molecule has 0 aliphatic carbocycles. The average Bonchev–Trinajstić information content (AvgIpc) is 3.78. The minimum Gasteiger partial charge on any atom is -0.493 e. The molecule has 0 saturated carbocycles. The van der Waals surface area contributed by atoms with Crippen molar-refractivity contribution in [2.24, 2.45) is 0 Å². The molecular formula is C40H50N8O4S. The molecule has 1 aliphatic rings. The van der Waals surface area contributed by atoms with Gasteiger partial charge in [-0.25, -0.2) is 4.68 Å². The second-order valence-corrected chi connectivity index (χ2v) is 15.6. The summed E-state index contributed by atoms with van der Waals surface area (Å²) < 4.78 is 15.0. The summed E-state index contributed by atoms with van der Waals surface area (Å²) in [6.45, 7) is 16.3. The number of nitrogens with zero attached hydrogens (tertiary/aromatic N) is 6. The molecule has 13 heteroatoms. The monoisotopic (exact) mass is 738 g/mol. The van der Waals surface area contributed by atoms with Crippen molar-refractivity contribution in [1.29, 1.82) is 0 Å². The maximum Gasteiger partial charge on any atom is 0.287 e. The first-order chi connectivity index (χ1) is 25.5. The van der Waals surface area contributed by atoms with E-state index in [2.05, 4.69) is 90.6 Å².